The third-order valence-corrected chi connectivity index (χ3v) is 3.53. The summed E-state index contributed by atoms with van der Waals surface area (Å²) in [5.41, 5.74) is 1.16. The van der Waals surface area contributed by atoms with Gasteiger partial charge in [0.25, 0.3) is 0 Å². The molecule has 86 valence electrons. The molecule has 1 aliphatic carbocycles. The molecule has 1 heteroatoms. The van der Waals surface area contributed by atoms with Crippen molar-refractivity contribution in [3.8, 4) is 0 Å². The van der Waals surface area contributed by atoms with E-state index in [-0.39, 0.29) is 0 Å². The summed E-state index contributed by atoms with van der Waals surface area (Å²) in [5, 5.41) is 0. The normalized spacial score (nSPS) is 18.0. The molecule has 1 saturated carbocycles. The van der Waals surface area contributed by atoms with Crippen molar-refractivity contribution in [1.29, 1.82) is 0 Å². The van der Waals surface area contributed by atoms with Crippen molar-refractivity contribution in [1.82, 2.24) is 0 Å². The van der Waals surface area contributed by atoms with E-state index < -0.39 is 0 Å². The SMILES string of the molecule is O=C(Cc1ccccc1)C1CCCCCC1. The lowest BCUT2D eigenvalue weighted by Crippen LogP contribution is -2.16. The zero-order chi connectivity index (χ0) is 11.2. The fraction of sp³-hybridized carbons (Fsp3) is 0.533. The van der Waals surface area contributed by atoms with Gasteiger partial charge in [0, 0.05) is 12.3 Å². The molecule has 0 atom stereocenters. The maximum Gasteiger partial charge on any atom is 0.140 e. The number of rotatable bonds is 3. The van der Waals surface area contributed by atoms with Crippen molar-refractivity contribution in [2.24, 2.45) is 5.92 Å². The molecule has 1 nitrogen and oxygen atoms in total. The Balaban J connectivity index is 1.92. The first-order valence-corrected chi connectivity index (χ1v) is 6.43. The molecule has 0 saturated heterocycles. The molecule has 1 aromatic rings. The van der Waals surface area contributed by atoms with E-state index in [1.807, 2.05) is 18.2 Å². The van der Waals surface area contributed by atoms with E-state index in [0.29, 0.717) is 18.1 Å². The molecule has 1 fully saturated rings. The lowest BCUT2D eigenvalue weighted by Gasteiger charge is -2.12. The summed E-state index contributed by atoms with van der Waals surface area (Å²) in [6.07, 6.45) is 7.98. The van der Waals surface area contributed by atoms with Gasteiger partial charge in [-0.05, 0) is 18.4 Å². The van der Waals surface area contributed by atoms with Crippen molar-refractivity contribution in [3.05, 3.63) is 35.9 Å². The molecule has 2 rings (SSSR count). The van der Waals surface area contributed by atoms with Gasteiger partial charge in [-0.3, -0.25) is 4.79 Å². The zero-order valence-corrected chi connectivity index (χ0v) is 9.82. The molecule has 0 heterocycles. The molecular weight excluding hydrogens is 196 g/mol. The average molecular weight is 216 g/mol. The number of carbonyl (C=O) groups is 1. The third kappa shape index (κ3) is 3.19. The highest BCUT2D eigenvalue weighted by molar-refractivity contribution is 5.83. The lowest BCUT2D eigenvalue weighted by molar-refractivity contribution is -0.122. The second-order valence-electron chi connectivity index (χ2n) is 4.82. The van der Waals surface area contributed by atoms with Crippen LogP contribution in [-0.2, 0) is 11.2 Å². The largest absolute Gasteiger partial charge is 0.299 e. The summed E-state index contributed by atoms with van der Waals surface area (Å²) < 4.78 is 0. The molecule has 0 amide bonds. The van der Waals surface area contributed by atoms with Gasteiger partial charge in [0.2, 0.25) is 0 Å². The molecule has 0 radical (unpaired) electrons. The predicted octanol–water partition coefficient (Wildman–Crippen LogP) is 3.77. The summed E-state index contributed by atoms with van der Waals surface area (Å²) in [6.45, 7) is 0. The minimum atomic E-state index is 0.336. The summed E-state index contributed by atoms with van der Waals surface area (Å²) >= 11 is 0. The zero-order valence-electron chi connectivity index (χ0n) is 9.82. The summed E-state index contributed by atoms with van der Waals surface area (Å²) in [6, 6.07) is 10.1. The fourth-order valence-electron chi connectivity index (χ4n) is 2.54. The van der Waals surface area contributed by atoms with E-state index in [4.69, 9.17) is 0 Å². The fourth-order valence-corrected chi connectivity index (χ4v) is 2.54. The van der Waals surface area contributed by atoms with Gasteiger partial charge in [-0.25, -0.2) is 0 Å². The Hall–Kier alpha value is -1.11. The Morgan fingerprint density at radius 3 is 2.25 bits per heavy atom. The van der Waals surface area contributed by atoms with Gasteiger partial charge in [-0.15, -0.1) is 0 Å². The Morgan fingerprint density at radius 2 is 1.62 bits per heavy atom. The highest BCUT2D eigenvalue weighted by Crippen LogP contribution is 2.24. The smallest absolute Gasteiger partial charge is 0.140 e. The predicted molar refractivity (Wildman–Crippen MR) is 66.3 cm³/mol. The standard InChI is InChI=1S/C15H20O/c16-15(12-13-8-4-3-5-9-13)14-10-6-1-2-7-11-14/h3-5,8-9,14H,1-2,6-7,10-12H2. The van der Waals surface area contributed by atoms with E-state index >= 15 is 0 Å². The number of Topliss-reactive ketones (excluding diaryl/α,β-unsaturated/α-hetero) is 1. The summed E-state index contributed by atoms with van der Waals surface area (Å²) in [7, 11) is 0. The average Bonchev–Trinajstić information content (AvgIpc) is 2.59. The minimum absolute atomic E-state index is 0.336. The van der Waals surface area contributed by atoms with E-state index in [2.05, 4.69) is 12.1 Å². The first-order valence-electron chi connectivity index (χ1n) is 6.43. The third-order valence-electron chi connectivity index (χ3n) is 3.53. The minimum Gasteiger partial charge on any atom is -0.299 e. The van der Waals surface area contributed by atoms with Gasteiger partial charge in [0.1, 0.15) is 5.78 Å². The maximum atomic E-state index is 12.1. The summed E-state index contributed by atoms with van der Waals surface area (Å²) in [5.74, 6) is 0.788. The molecule has 0 bridgehead atoms. The molecular formula is C15H20O. The second-order valence-corrected chi connectivity index (χ2v) is 4.82. The van der Waals surface area contributed by atoms with Crippen LogP contribution < -0.4 is 0 Å². The van der Waals surface area contributed by atoms with Crippen LogP contribution in [0.5, 0.6) is 0 Å². The molecule has 16 heavy (non-hydrogen) atoms. The molecule has 0 aliphatic heterocycles. The van der Waals surface area contributed by atoms with E-state index in [1.54, 1.807) is 0 Å². The number of benzene rings is 1. The molecule has 0 aromatic heterocycles. The van der Waals surface area contributed by atoms with Gasteiger partial charge >= 0.3 is 0 Å². The molecule has 1 aliphatic rings. The van der Waals surface area contributed by atoms with Crippen LogP contribution in [0.2, 0.25) is 0 Å². The Bertz CT molecular complexity index is 321. The van der Waals surface area contributed by atoms with Gasteiger partial charge < -0.3 is 0 Å². The maximum absolute atomic E-state index is 12.1. The van der Waals surface area contributed by atoms with Gasteiger partial charge in [0.05, 0.1) is 0 Å². The molecule has 0 spiro atoms. The topological polar surface area (TPSA) is 17.1 Å². The van der Waals surface area contributed by atoms with Crippen molar-refractivity contribution >= 4 is 5.78 Å². The van der Waals surface area contributed by atoms with Crippen LogP contribution in [0, 0.1) is 5.92 Å². The van der Waals surface area contributed by atoms with Crippen LogP contribution in [0.4, 0.5) is 0 Å². The monoisotopic (exact) mass is 216 g/mol. The quantitative estimate of drug-likeness (QED) is 0.703. The van der Waals surface area contributed by atoms with Gasteiger partial charge in [0.15, 0.2) is 0 Å². The second kappa shape index (κ2) is 5.83. The first kappa shape index (κ1) is 11.4. The Labute approximate surface area is 97.9 Å². The van der Waals surface area contributed by atoms with Crippen LogP contribution in [0.15, 0.2) is 30.3 Å². The van der Waals surface area contributed by atoms with Crippen LogP contribution in [-0.4, -0.2) is 5.78 Å². The van der Waals surface area contributed by atoms with Gasteiger partial charge in [-0.2, -0.15) is 0 Å². The number of hydrogen-bond acceptors (Lipinski definition) is 1. The van der Waals surface area contributed by atoms with E-state index in [9.17, 15) is 4.79 Å². The molecule has 0 unspecified atom stereocenters. The summed E-state index contributed by atoms with van der Waals surface area (Å²) in [4.78, 5) is 12.1. The molecule has 0 N–H and O–H groups in total. The Morgan fingerprint density at radius 1 is 1.00 bits per heavy atom. The van der Waals surface area contributed by atoms with Crippen molar-refractivity contribution in [3.63, 3.8) is 0 Å². The van der Waals surface area contributed by atoms with Crippen LogP contribution in [0.1, 0.15) is 44.1 Å². The van der Waals surface area contributed by atoms with Crippen molar-refractivity contribution < 1.29 is 4.79 Å². The van der Waals surface area contributed by atoms with E-state index in [1.165, 1.54) is 25.7 Å². The van der Waals surface area contributed by atoms with Gasteiger partial charge in [-0.1, -0.05) is 56.0 Å². The van der Waals surface area contributed by atoms with Crippen LogP contribution in [0.3, 0.4) is 0 Å². The number of carbonyl (C=O) groups excluding carboxylic acids is 1. The lowest BCUT2D eigenvalue weighted by atomic mass is 9.91. The number of ketones is 1. The van der Waals surface area contributed by atoms with Crippen LogP contribution >= 0.6 is 0 Å². The van der Waals surface area contributed by atoms with Crippen molar-refractivity contribution in [2.45, 2.75) is 44.9 Å². The molecule has 1 aromatic carbocycles. The Kier molecular flexibility index (Phi) is 4.15. The highest BCUT2D eigenvalue weighted by atomic mass is 16.1. The van der Waals surface area contributed by atoms with Crippen LogP contribution in [0.25, 0.3) is 0 Å². The highest BCUT2D eigenvalue weighted by Gasteiger charge is 2.19. The van der Waals surface area contributed by atoms with E-state index in [0.717, 1.165) is 18.4 Å². The van der Waals surface area contributed by atoms with Crippen molar-refractivity contribution in [2.75, 3.05) is 0 Å². The number of hydrogen-bond donors (Lipinski definition) is 0. The first-order chi connectivity index (χ1) is 7.86.